The molecule has 0 radical (unpaired) electrons. The van der Waals surface area contributed by atoms with Crippen molar-refractivity contribution in [2.45, 2.75) is 26.8 Å². The molecule has 1 aromatic heterocycles. The molecule has 1 fully saturated rings. The van der Waals surface area contributed by atoms with Crippen molar-refractivity contribution in [3.05, 3.63) is 22.5 Å². The van der Waals surface area contributed by atoms with Crippen LogP contribution in [0.1, 0.15) is 39.0 Å². The van der Waals surface area contributed by atoms with E-state index in [2.05, 4.69) is 4.90 Å². The van der Waals surface area contributed by atoms with Gasteiger partial charge in [-0.3, -0.25) is 14.5 Å². The zero-order valence-electron chi connectivity index (χ0n) is 18.8. The summed E-state index contributed by atoms with van der Waals surface area (Å²) in [6.45, 7) is 9.13. The molecule has 9 nitrogen and oxygen atoms in total. The van der Waals surface area contributed by atoms with Crippen molar-refractivity contribution in [3.8, 4) is 0 Å². The average molecular weight is 424 g/mol. The van der Waals surface area contributed by atoms with E-state index in [0.29, 0.717) is 48.8 Å². The molecule has 0 N–H and O–H groups in total. The molecular weight excluding hydrogens is 390 g/mol. The second-order valence-electron chi connectivity index (χ2n) is 7.50. The van der Waals surface area contributed by atoms with Crippen molar-refractivity contribution in [1.82, 2.24) is 14.4 Å². The Bertz CT molecular complexity index is 782. The monoisotopic (exact) mass is 423 g/mol. The first-order chi connectivity index (χ1) is 14.2. The summed E-state index contributed by atoms with van der Waals surface area (Å²) < 4.78 is 16.9. The molecule has 0 aliphatic carbocycles. The van der Waals surface area contributed by atoms with Crippen LogP contribution in [0.4, 0.5) is 0 Å². The van der Waals surface area contributed by atoms with Gasteiger partial charge in [-0.25, -0.2) is 4.79 Å². The number of nitrogens with zero attached hydrogens (tertiary/aromatic N) is 3. The van der Waals surface area contributed by atoms with Gasteiger partial charge in [0.2, 0.25) is 5.91 Å². The minimum Gasteiger partial charge on any atom is -0.464 e. The molecule has 2 rings (SSSR count). The van der Waals surface area contributed by atoms with Gasteiger partial charge in [0.05, 0.1) is 26.4 Å². The van der Waals surface area contributed by atoms with Crippen molar-refractivity contribution >= 4 is 17.7 Å². The third-order valence-electron chi connectivity index (χ3n) is 5.75. The quantitative estimate of drug-likeness (QED) is 0.429. The zero-order valence-corrected chi connectivity index (χ0v) is 18.8. The zero-order chi connectivity index (χ0) is 22.4. The Morgan fingerprint density at radius 1 is 1.17 bits per heavy atom. The maximum atomic E-state index is 13.4. The van der Waals surface area contributed by atoms with Gasteiger partial charge in [0, 0.05) is 51.6 Å². The fraction of sp³-hybridized carbons (Fsp3) is 0.667. The number of carbonyl (C=O) groups excluding carboxylic acids is 3. The van der Waals surface area contributed by atoms with Crippen molar-refractivity contribution in [3.63, 3.8) is 0 Å². The number of hydrogen-bond acceptors (Lipinski definition) is 7. The molecule has 0 bridgehead atoms. The Morgan fingerprint density at radius 3 is 2.37 bits per heavy atom. The number of ketones is 1. The molecule has 1 aliphatic rings. The third kappa shape index (κ3) is 5.08. The number of rotatable bonds is 9. The summed E-state index contributed by atoms with van der Waals surface area (Å²) in [7, 11) is 4.49. The van der Waals surface area contributed by atoms with Crippen molar-refractivity contribution < 1.29 is 28.6 Å². The molecule has 1 aliphatic heterocycles. The summed E-state index contributed by atoms with van der Waals surface area (Å²) in [6, 6.07) is -0.695. The fourth-order valence-corrected chi connectivity index (χ4v) is 3.89. The Hall–Kier alpha value is -2.23. The molecule has 1 atom stereocenters. The Kier molecular flexibility index (Phi) is 8.57. The lowest BCUT2D eigenvalue weighted by Gasteiger charge is -2.32. The maximum Gasteiger partial charge on any atom is 0.354 e. The van der Waals surface area contributed by atoms with E-state index in [1.165, 1.54) is 14.2 Å². The summed E-state index contributed by atoms with van der Waals surface area (Å²) in [5, 5.41) is 0. The molecule has 2 heterocycles. The number of aromatic nitrogens is 1. The molecule has 0 aromatic carbocycles. The van der Waals surface area contributed by atoms with Gasteiger partial charge in [-0.1, -0.05) is 0 Å². The van der Waals surface area contributed by atoms with E-state index in [0.717, 1.165) is 13.1 Å². The van der Waals surface area contributed by atoms with E-state index < -0.39 is 12.0 Å². The second kappa shape index (κ2) is 10.7. The number of Topliss-reactive ketones (excluding diaryl/α,β-unsaturated/α-hetero) is 1. The smallest absolute Gasteiger partial charge is 0.354 e. The van der Waals surface area contributed by atoms with Crippen LogP contribution in [0.2, 0.25) is 0 Å². The highest BCUT2D eigenvalue weighted by Gasteiger charge is 2.32. The number of amides is 1. The summed E-state index contributed by atoms with van der Waals surface area (Å²) >= 11 is 0. The average Bonchev–Trinajstić information content (AvgIpc) is 2.96. The van der Waals surface area contributed by atoms with Crippen molar-refractivity contribution in [2.24, 2.45) is 7.05 Å². The Morgan fingerprint density at radius 2 is 1.80 bits per heavy atom. The van der Waals surface area contributed by atoms with Gasteiger partial charge in [0.15, 0.2) is 5.78 Å². The lowest BCUT2D eigenvalue weighted by atomic mass is 9.99. The van der Waals surface area contributed by atoms with Gasteiger partial charge in [-0.15, -0.1) is 0 Å². The molecule has 0 saturated carbocycles. The van der Waals surface area contributed by atoms with Gasteiger partial charge in [0.1, 0.15) is 12.3 Å². The summed E-state index contributed by atoms with van der Waals surface area (Å²) in [5.41, 5.74) is 2.02. The van der Waals surface area contributed by atoms with E-state index in [1.807, 2.05) is 0 Å². The van der Waals surface area contributed by atoms with Crippen LogP contribution in [-0.4, -0.2) is 98.3 Å². The number of morpholine rings is 1. The van der Waals surface area contributed by atoms with E-state index in [4.69, 9.17) is 14.2 Å². The van der Waals surface area contributed by atoms with Crippen LogP contribution >= 0.6 is 0 Å². The summed E-state index contributed by atoms with van der Waals surface area (Å²) in [4.78, 5) is 42.1. The first-order valence-corrected chi connectivity index (χ1v) is 10.1. The van der Waals surface area contributed by atoms with Gasteiger partial charge < -0.3 is 23.7 Å². The highest BCUT2D eigenvalue weighted by atomic mass is 16.5. The second-order valence-corrected chi connectivity index (χ2v) is 7.50. The predicted molar refractivity (Wildman–Crippen MR) is 111 cm³/mol. The summed E-state index contributed by atoms with van der Waals surface area (Å²) in [6.07, 6.45) is 0. The molecule has 9 heteroatoms. The third-order valence-corrected chi connectivity index (χ3v) is 5.75. The molecular formula is C21H33N3O6. The molecule has 1 saturated heterocycles. The molecule has 1 amide bonds. The standard InChI is InChI=1S/C21H33N3O6/c1-14-18(15(2)22(4)19(14)21(27)29-6)20(26)16(3)24(17(25)13-28-5)8-7-23-9-11-30-12-10-23/h16H,7-13H2,1-6H3. The van der Waals surface area contributed by atoms with Crippen molar-refractivity contribution in [2.75, 3.05) is 60.2 Å². The van der Waals surface area contributed by atoms with Crippen LogP contribution in [0.3, 0.4) is 0 Å². The van der Waals surface area contributed by atoms with E-state index in [9.17, 15) is 14.4 Å². The van der Waals surface area contributed by atoms with Gasteiger partial charge >= 0.3 is 5.97 Å². The maximum absolute atomic E-state index is 13.4. The summed E-state index contributed by atoms with van der Waals surface area (Å²) in [5.74, 6) is -0.947. The Labute approximate surface area is 177 Å². The fourth-order valence-electron chi connectivity index (χ4n) is 3.89. The molecule has 1 unspecified atom stereocenters. The molecule has 30 heavy (non-hydrogen) atoms. The number of esters is 1. The molecule has 1 aromatic rings. The lowest BCUT2D eigenvalue weighted by molar-refractivity contribution is -0.136. The highest BCUT2D eigenvalue weighted by molar-refractivity contribution is 6.06. The first kappa shape index (κ1) is 24.0. The van der Waals surface area contributed by atoms with Gasteiger partial charge in [0.25, 0.3) is 0 Å². The highest BCUT2D eigenvalue weighted by Crippen LogP contribution is 2.24. The Balaban J connectivity index is 2.28. The van der Waals surface area contributed by atoms with Crippen LogP contribution in [0.15, 0.2) is 0 Å². The normalized spacial score (nSPS) is 15.7. The number of ether oxygens (including phenoxy) is 3. The number of hydrogen-bond donors (Lipinski definition) is 0. The number of carbonyl (C=O) groups is 3. The minimum atomic E-state index is -0.695. The van der Waals surface area contributed by atoms with Crippen LogP contribution < -0.4 is 0 Å². The van der Waals surface area contributed by atoms with Gasteiger partial charge in [-0.2, -0.15) is 0 Å². The van der Waals surface area contributed by atoms with E-state index >= 15 is 0 Å². The van der Waals surface area contributed by atoms with E-state index in [1.54, 1.807) is 37.3 Å². The number of methoxy groups -OCH3 is 2. The molecule has 0 spiro atoms. The van der Waals surface area contributed by atoms with E-state index in [-0.39, 0.29) is 18.3 Å². The van der Waals surface area contributed by atoms with Crippen LogP contribution in [0.25, 0.3) is 0 Å². The lowest BCUT2D eigenvalue weighted by Crippen LogP contribution is -2.49. The molecule has 168 valence electrons. The van der Waals surface area contributed by atoms with Crippen LogP contribution in [0, 0.1) is 13.8 Å². The van der Waals surface area contributed by atoms with Gasteiger partial charge in [-0.05, 0) is 26.3 Å². The van der Waals surface area contributed by atoms with Crippen LogP contribution in [-0.2, 0) is 26.1 Å². The van der Waals surface area contributed by atoms with Crippen LogP contribution in [0.5, 0.6) is 0 Å². The topological polar surface area (TPSA) is 90.3 Å². The largest absolute Gasteiger partial charge is 0.464 e. The van der Waals surface area contributed by atoms with Crippen molar-refractivity contribution in [1.29, 1.82) is 0 Å². The SMILES string of the molecule is COCC(=O)N(CCN1CCOCC1)C(C)C(=O)c1c(C)c(C(=O)OC)n(C)c1C. The first-order valence-electron chi connectivity index (χ1n) is 10.1. The minimum absolute atomic E-state index is 0.0963. The predicted octanol–water partition coefficient (Wildman–Crippen LogP) is 0.807.